The van der Waals surface area contributed by atoms with Crippen LogP contribution in [0.1, 0.15) is 59.8 Å². The fourth-order valence-electron chi connectivity index (χ4n) is 2.40. The second kappa shape index (κ2) is 11.9. The molecule has 0 aromatic heterocycles. The van der Waals surface area contributed by atoms with Crippen LogP contribution in [0, 0.1) is 11.8 Å². The first-order valence-corrected chi connectivity index (χ1v) is 8.27. The maximum atomic E-state index is 12.1. The molecule has 134 valence electrons. The van der Waals surface area contributed by atoms with Crippen molar-refractivity contribution in [2.75, 3.05) is 13.7 Å². The normalized spacial score (nSPS) is 14.5. The average molecular weight is 330 g/mol. The summed E-state index contributed by atoms with van der Waals surface area (Å²) in [5, 5.41) is 0. The van der Waals surface area contributed by atoms with Crippen LogP contribution in [0.3, 0.4) is 0 Å². The Balaban J connectivity index is 4.73. The summed E-state index contributed by atoms with van der Waals surface area (Å²) in [7, 11) is 1.31. The molecule has 0 spiro atoms. The Kier molecular flexibility index (Phi) is 11.1. The highest BCUT2D eigenvalue weighted by Gasteiger charge is 2.29. The summed E-state index contributed by atoms with van der Waals surface area (Å²) in [5.74, 6) is -1.94. The third kappa shape index (κ3) is 9.21. The van der Waals surface area contributed by atoms with E-state index in [1.165, 1.54) is 14.0 Å². The molecule has 0 amide bonds. The van der Waals surface area contributed by atoms with Crippen molar-refractivity contribution < 1.29 is 28.6 Å². The Morgan fingerprint density at radius 3 is 2.13 bits per heavy atom. The summed E-state index contributed by atoms with van der Waals surface area (Å²) < 4.78 is 15.1. The Bertz CT molecular complexity index is 379. The highest BCUT2D eigenvalue weighted by atomic mass is 16.5. The van der Waals surface area contributed by atoms with Gasteiger partial charge in [0.2, 0.25) is 0 Å². The lowest BCUT2D eigenvalue weighted by atomic mass is 9.89. The summed E-state index contributed by atoms with van der Waals surface area (Å²) in [5.41, 5.74) is 0. The van der Waals surface area contributed by atoms with Crippen LogP contribution in [0.15, 0.2) is 0 Å². The molecule has 0 aliphatic heterocycles. The fourth-order valence-corrected chi connectivity index (χ4v) is 2.40. The van der Waals surface area contributed by atoms with E-state index in [9.17, 15) is 14.4 Å². The number of carbonyl (C=O) groups is 3. The average Bonchev–Trinajstić information content (AvgIpc) is 2.49. The standard InChI is InChI=1S/C17H30O6/c1-6-8-9-22-17(20)14(7-2)11-15(16(19)21-5)10-12(3)23-13(4)18/h12,14-15H,6-11H2,1-5H3. The number of rotatable bonds is 11. The van der Waals surface area contributed by atoms with Gasteiger partial charge in [-0.1, -0.05) is 20.3 Å². The summed E-state index contributed by atoms with van der Waals surface area (Å²) in [6.45, 7) is 7.35. The molecule has 0 N–H and O–H groups in total. The molecule has 23 heavy (non-hydrogen) atoms. The summed E-state index contributed by atoms with van der Waals surface area (Å²) >= 11 is 0. The Morgan fingerprint density at radius 1 is 1.00 bits per heavy atom. The number of unbranched alkanes of at least 4 members (excludes halogenated alkanes) is 1. The van der Waals surface area contributed by atoms with E-state index in [0.717, 1.165) is 12.8 Å². The van der Waals surface area contributed by atoms with E-state index in [0.29, 0.717) is 25.9 Å². The monoisotopic (exact) mass is 330 g/mol. The molecule has 0 aliphatic carbocycles. The molecule has 6 heteroatoms. The first-order chi connectivity index (χ1) is 10.8. The van der Waals surface area contributed by atoms with Gasteiger partial charge in [-0.2, -0.15) is 0 Å². The highest BCUT2D eigenvalue weighted by Crippen LogP contribution is 2.23. The van der Waals surface area contributed by atoms with Crippen LogP contribution >= 0.6 is 0 Å². The molecule has 0 rings (SSSR count). The molecule has 0 bridgehead atoms. The number of hydrogen-bond acceptors (Lipinski definition) is 6. The van der Waals surface area contributed by atoms with Gasteiger partial charge in [0, 0.05) is 6.92 Å². The lowest BCUT2D eigenvalue weighted by Crippen LogP contribution is -2.28. The van der Waals surface area contributed by atoms with Crippen molar-refractivity contribution in [3.05, 3.63) is 0 Å². The van der Waals surface area contributed by atoms with E-state index in [1.807, 2.05) is 13.8 Å². The van der Waals surface area contributed by atoms with Gasteiger partial charge in [0.1, 0.15) is 0 Å². The zero-order chi connectivity index (χ0) is 17.8. The molecule has 0 radical (unpaired) electrons. The molecule has 6 nitrogen and oxygen atoms in total. The smallest absolute Gasteiger partial charge is 0.308 e. The van der Waals surface area contributed by atoms with Gasteiger partial charge in [-0.25, -0.2) is 0 Å². The second-order valence-corrected chi connectivity index (χ2v) is 5.74. The minimum atomic E-state index is -0.502. The van der Waals surface area contributed by atoms with E-state index >= 15 is 0 Å². The van der Waals surface area contributed by atoms with Crippen LogP contribution < -0.4 is 0 Å². The van der Waals surface area contributed by atoms with Crippen molar-refractivity contribution in [2.45, 2.75) is 65.9 Å². The molecule has 0 aliphatic rings. The van der Waals surface area contributed by atoms with Crippen LogP contribution in [0.5, 0.6) is 0 Å². The quantitative estimate of drug-likeness (QED) is 0.329. The van der Waals surface area contributed by atoms with Gasteiger partial charge in [-0.05, 0) is 32.6 Å². The minimum absolute atomic E-state index is 0.282. The van der Waals surface area contributed by atoms with Crippen LogP contribution in [-0.4, -0.2) is 37.7 Å². The topological polar surface area (TPSA) is 78.9 Å². The summed E-state index contributed by atoms with van der Waals surface area (Å²) in [4.78, 5) is 35.0. The first kappa shape index (κ1) is 21.4. The molecular weight excluding hydrogens is 300 g/mol. The minimum Gasteiger partial charge on any atom is -0.469 e. The zero-order valence-corrected chi connectivity index (χ0v) is 14.9. The maximum absolute atomic E-state index is 12.1. The van der Waals surface area contributed by atoms with Crippen LogP contribution in [0.4, 0.5) is 0 Å². The Morgan fingerprint density at radius 2 is 1.65 bits per heavy atom. The van der Waals surface area contributed by atoms with Crippen molar-refractivity contribution in [2.24, 2.45) is 11.8 Å². The van der Waals surface area contributed by atoms with E-state index in [-0.39, 0.29) is 11.9 Å². The van der Waals surface area contributed by atoms with Gasteiger partial charge in [-0.3, -0.25) is 14.4 Å². The summed E-state index contributed by atoms with van der Waals surface area (Å²) in [6, 6.07) is 0. The number of carbonyl (C=O) groups excluding carboxylic acids is 3. The predicted molar refractivity (Wildman–Crippen MR) is 85.6 cm³/mol. The Hall–Kier alpha value is -1.59. The van der Waals surface area contributed by atoms with E-state index in [1.54, 1.807) is 6.92 Å². The molecule has 0 heterocycles. The first-order valence-electron chi connectivity index (χ1n) is 8.27. The second-order valence-electron chi connectivity index (χ2n) is 5.74. The van der Waals surface area contributed by atoms with Crippen molar-refractivity contribution in [1.82, 2.24) is 0 Å². The third-order valence-corrected chi connectivity index (χ3v) is 3.66. The van der Waals surface area contributed by atoms with Crippen molar-refractivity contribution in [3.8, 4) is 0 Å². The summed E-state index contributed by atoms with van der Waals surface area (Å²) in [6.07, 6.45) is 2.61. The third-order valence-electron chi connectivity index (χ3n) is 3.66. The fraction of sp³-hybridized carbons (Fsp3) is 0.824. The van der Waals surface area contributed by atoms with E-state index in [4.69, 9.17) is 14.2 Å². The predicted octanol–water partition coefficient (Wildman–Crippen LogP) is 2.88. The van der Waals surface area contributed by atoms with Gasteiger partial charge in [-0.15, -0.1) is 0 Å². The van der Waals surface area contributed by atoms with E-state index in [2.05, 4.69) is 0 Å². The maximum Gasteiger partial charge on any atom is 0.308 e. The van der Waals surface area contributed by atoms with Gasteiger partial charge in [0.25, 0.3) is 0 Å². The van der Waals surface area contributed by atoms with Gasteiger partial charge >= 0.3 is 17.9 Å². The molecule has 0 aromatic carbocycles. The lowest BCUT2D eigenvalue weighted by molar-refractivity contribution is -0.155. The number of esters is 3. The Labute approximate surface area is 138 Å². The van der Waals surface area contributed by atoms with Crippen molar-refractivity contribution in [3.63, 3.8) is 0 Å². The lowest BCUT2D eigenvalue weighted by Gasteiger charge is -2.22. The van der Waals surface area contributed by atoms with Crippen molar-refractivity contribution >= 4 is 17.9 Å². The molecule has 0 saturated heterocycles. The van der Waals surface area contributed by atoms with Crippen LogP contribution in [-0.2, 0) is 28.6 Å². The number of methoxy groups -OCH3 is 1. The molecule has 0 aromatic rings. The molecular formula is C17H30O6. The van der Waals surface area contributed by atoms with Crippen molar-refractivity contribution in [1.29, 1.82) is 0 Å². The molecule has 3 atom stereocenters. The molecule has 0 saturated carbocycles. The van der Waals surface area contributed by atoms with E-state index < -0.39 is 24.0 Å². The number of hydrogen-bond donors (Lipinski definition) is 0. The largest absolute Gasteiger partial charge is 0.469 e. The van der Waals surface area contributed by atoms with Crippen LogP contribution in [0.25, 0.3) is 0 Å². The molecule has 0 fully saturated rings. The number of ether oxygens (including phenoxy) is 3. The highest BCUT2D eigenvalue weighted by molar-refractivity contribution is 5.76. The SMILES string of the molecule is CCCCOC(=O)C(CC)CC(CC(C)OC(C)=O)C(=O)OC. The van der Waals surface area contributed by atoms with Gasteiger partial charge in [0.05, 0.1) is 31.7 Å². The zero-order valence-electron chi connectivity index (χ0n) is 14.9. The van der Waals surface area contributed by atoms with Gasteiger partial charge < -0.3 is 14.2 Å². The molecule has 3 unspecified atom stereocenters. The van der Waals surface area contributed by atoms with Crippen LogP contribution in [0.2, 0.25) is 0 Å². The van der Waals surface area contributed by atoms with Gasteiger partial charge in [0.15, 0.2) is 0 Å².